The zero-order chi connectivity index (χ0) is 18.1. The van der Waals surface area contributed by atoms with Crippen molar-refractivity contribution in [2.45, 2.75) is 19.4 Å². The first-order chi connectivity index (χ1) is 12.6. The fraction of sp³-hybridized carbons (Fsp3) is 0.350. The van der Waals surface area contributed by atoms with Crippen molar-refractivity contribution in [3.63, 3.8) is 0 Å². The highest BCUT2D eigenvalue weighted by molar-refractivity contribution is 6.33. The summed E-state index contributed by atoms with van der Waals surface area (Å²) in [6.45, 7) is 0.567. The minimum Gasteiger partial charge on any atom is -0.354 e. The molecule has 1 aromatic heterocycles. The van der Waals surface area contributed by atoms with E-state index in [2.05, 4.69) is 22.6 Å². The summed E-state index contributed by atoms with van der Waals surface area (Å²) in [6, 6.07) is 10.3. The Hall–Kier alpha value is -2.40. The van der Waals surface area contributed by atoms with E-state index in [1.807, 2.05) is 18.2 Å². The lowest BCUT2D eigenvalue weighted by Crippen LogP contribution is -2.36. The second-order valence-corrected chi connectivity index (χ2v) is 7.45. The predicted octanol–water partition coefficient (Wildman–Crippen LogP) is 2.89. The number of amides is 1. The third kappa shape index (κ3) is 3.44. The van der Waals surface area contributed by atoms with Crippen LogP contribution < -0.4 is 10.9 Å². The molecule has 5 nitrogen and oxygen atoms in total. The molecule has 0 spiro atoms. The number of hydrogen-bond donors (Lipinski definition) is 1. The van der Waals surface area contributed by atoms with Crippen molar-refractivity contribution in [1.29, 1.82) is 0 Å². The van der Waals surface area contributed by atoms with Crippen molar-refractivity contribution in [3.05, 3.63) is 63.9 Å². The lowest BCUT2D eigenvalue weighted by molar-refractivity contribution is -0.122. The molecule has 1 fully saturated rings. The van der Waals surface area contributed by atoms with Gasteiger partial charge in [0.2, 0.25) is 5.91 Å². The molecule has 134 valence electrons. The first kappa shape index (κ1) is 17.0. The zero-order valence-corrected chi connectivity index (χ0v) is 15.0. The SMILES string of the molecule is O=C(Cn1nc(-c2ccccc2Cl)ccc1=O)NC[C@H]1C[C@@H]2C=C[C@H]1C2. The number of carbonyl (C=O) groups is 1. The summed E-state index contributed by atoms with van der Waals surface area (Å²) in [5, 5.41) is 7.82. The van der Waals surface area contributed by atoms with Crippen LogP contribution in [0.15, 0.2) is 53.3 Å². The van der Waals surface area contributed by atoms with Crippen molar-refractivity contribution in [2.24, 2.45) is 17.8 Å². The van der Waals surface area contributed by atoms with Crippen LogP contribution in [-0.2, 0) is 11.3 Å². The van der Waals surface area contributed by atoms with Gasteiger partial charge < -0.3 is 5.32 Å². The van der Waals surface area contributed by atoms with Crippen molar-refractivity contribution in [2.75, 3.05) is 6.54 Å². The van der Waals surface area contributed by atoms with Crippen LogP contribution in [0.3, 0.4) is 0 Å². The molecule has 1 aromatic carbocycles. The van der Waals surface area contributed by atoms with E-state index < -0.39 is 0 Å². The summed E-state index contributed by atoms with van der Waals surface area (Å²) in [5.74, 6) is 1.58. The maximum atomic E-state index is 12.3. The first-order valence-electron chi connectivity index (χ1n) is 8.88. The molecule has 6 heteroatoms. The van der Waals surface area contributed by atoms with E-state index in [4.69, 9.17) is 11.6 Å². The molecular formula is C20H20ClN3O2. The van der Waals surface area contributed by atoms with Crippen LogP contribution in [0.5, 0.6) is 0 Å². The molecule has 2 aromatic rings. The van der Waals surface area contributed by atoms with Crippen LogP contribution >= 0.6 is 11.6 Å². The van der Waals surface area contributed by atoms with Crippen molar-refractivity contribution in [3.8, 4) is 11.3 Å². The van der Waals surface area contributed by atoms with E-state index in [0.717, 1.165) is 12.0 Å². The van der Waals surface area contributed by atoms with Gasteiger partial charge in [-0.2, -0.15) is 5.10 Å². The Morgan fingerprint density at radius 3 is 2.77 bits per heavy atom. The lowest BCUT2D eigenvalue weighted by Gasteiger charge is -2.18. The average molecular weight is 370 g/mol. The Kier molecular flexibility index (Phi) is 4.64. The molecule has 2 aliphatic rings. The fourth-order valence-corrected chi connectivity index (χ4v) is 4.17. The Labute approximate surface area is 156 Å². The summed E-state index contributed by atoms with van der Waals surface area (Å²) in [7, 11) is 0. The molecule has 2 aliphatic carbocycles. The summed E-state index contributed by atoms with van der Waals surface area (Å²) in [6.07, 6.45) is 6.90. The fourth-order valence-electron chi connectivity index (χ4n) is 3.94. The normalized spacial score (nSPS) is 23.3. The second kappa shape index (κ2) is 7.08. The third-order valence-electron chi connectivity index (χ3n) is 5.29. The van der Waals surface area contributed by atoms with Crippen molar-refractivity contribution >= 4 is 17.5 Å². The largest absolute Gasteiger partial charge is 0.354 e. The van der Waals surface area contributed by atoms with E-state index >= 15 is 0 Å². The predicted molar refractivity (Wildman–Crippen MR) is 101 cm³/mol. The number of hydrogen-bond acceptors (Lipinski definition) is 3. The highest BCUT2D eigenvalue weighted by Crippen LogP contribution is 2.42. The van der Waals surface area contributed by atoms with Gasteiger partial charge in [0, 0.05) is 18.2 Å². The summed E-state index contributed by atoms with van der Waals surface area (Å²) in [4.78, 5) is 24.4. The maximum absolute atomic E-state index is 12.3. The zero-order valence-electron chi connectivity index (χ0n) is 14.3. The second-order valence-electron chi connectivity index (χ2n) is 7.04. The number of rotatable bonds is 5. The molecule has 2 bridgehead atoms. The molecular weight excluding hydrogens is 350 g/mol. The van der Waals surface area contributed by atoms with Gasteiger partial charge >= 0.3 is 0 Å². The lowest BCUT2D eigenvalue weighted by atomic mass is 9.94. The van der Waals surface area contributed by atoms with E-state index in [0.29, 0.717) is 35.0 Å². The van der Waals surface area contributed by atoms with Gasteiger partial charge in [0.25, 0.3) is 5.56 Å². The molecule has 3 atom stereocenters. The Morgan fingerprint density at radius 2 is 2.04 bits per heavy atom. The molecule has 4 rings (SSSR count). The summed E-state index contributed by atoms with van der Waals surface area (Å²) < 4.78 is 1.19. The molecule has 0 unspecified atom stereocenters. The average Bonchev–Trinajstić information content (AvgIpc) is 3.25. The van der Waals surface area contributed by atoms with Gasteiger partial charge in [-0.3, -0.25) is 9.59 Å². The molecule has 0 aliphatic heterocycles. The van der Waals surface area contributed by atoms with Crippen LogP contribution in [0, 0.1) is 17.8 Å². The number of fused-ring (bicyclic) bond motifs is 2. The number of halogens is 1. The van der Waals surface area contributed by atoms with Crippen LogP contribution in [0.25, 0.3) is 11.3 Å². The van der Waals surface area contributed by atoms with Gasteiger partial charge in [0.05, 0.1) is 10.7 Å². The van der Waals surface area contributed by atoms with Crippen molar-refractivity contribution < 1.29 is 4.79 Å². The third-order valence-corrected chi connectivity index (χ3v) is 5.62. The Balaban J connectivity index is 1.43. The molecule has 0 saturated heterocycles. The van der Waals surface area contributed by atoms with Gasteiger partial charge in [-0.1, -0.05) is 42.0 Å². The number of carbonyl (C=O) groups excluding carboxylic acids is 1. The van der Waals surface area contributed by atoms with Crippen LogP contribution in [0.4, 0.5) is 0 Å². The number of nitrogens with one attached hydrogen (secondary N) is 1. The minimum absolute atomic E-state index is 0.0895. The van der Waals surface area contributed by atoms with Gasteiger partial charge in [-0.25, -0.2) is 4.68 Å². The quantitative estimate of drug-likeness (QED) is 0.824. The smallest absolute Gasteiger partial charge is 0.267 e. The molecule has 1 N–H and O–H groups in total. The van der Waals surface area contributed by atoms with Crippen molar-refractivity contribution in [1.82, 2.24) is 15.1 Å². The molecule has 1 saturated carbocycles. The van der Waals surface area contributed by atoms with E-state index in [9.17, 15) is 9.59 Å². The topological polar surface area (TPSA) is 64.0 Å². The molecule has 1 amide bonds. The number of nitrogens with zero attached hydrogens (tertiary/aromatic N) is 2. The van der Waals surface area contributed by atoms with Gasteiger partial charge in [0.15, 0.2) is 0 Å². The monoisotopic (exact) mass is 369 g/mol. The number of allylic oxidation sites excluding steroid dienone is 2. The van der Waals surface area contributed by atoms with E-state index in [1.54, 1.807) is 12.1 Å². The molecule has 26 heavy (non-hydrogen) atoms. The highest BCUT2D eigenvalue weighted by Gasteiger charge is 2.35. The maximum Gasteiger partial charge on any atom is 0.267 e. The Morgan fingerprint density at radius 1 is 1.19 bits per heavy atom. The first-order valence-corrected chi connectivity index (χ1v) is 9.26. The van der Waals surface area contributed by atoms with Gasteiger partial charge in [-0.05, 0) is 42.7 Å². The Bertz CT molecular complexity index is 921. The van der Waals surface area contributed by atoms with Gasteiger partial charge in [0.1, 0.15) is 6.54 Å². The highest BCUT2D eigenvalue weighted by atomic mass is 35.5. The van der Waals surface area contributed by atoms with E-state index in [1.165, 1.54) is 17.2 Å². The standard InChI is InChI=1S/C20H20ClN3O2/c21-17-4-2-1-3-16(17)18-7-8-20(26)24(23-18)12-19(25)22-11-15-10-13-5-6-14(15)9-13/h1-8,13-15H,9-12H2,(H,22,25)/t13-,14+,15-/m1/s1. The number of aromatic nitrogens is 2. The summed E-state index contributed by atoms with van der Waals surface area (Å²) >= 11 is 6.20. The van der Waals surface area contributed by atoms with Crippen LogP contribution in [0.2, 0.25) is 5.02 Å². The van der Waals surface area contributed by atoms with Crippen LogP contribution in [-0.4, -0.2) is 22.2 Å². The minimum atomic E-state index is -0.307. The molecule has 0 radical (unpaired) electrons. The summed E-state index contributed by atoms with van der Waals surface area (Å²) in [5.41, 5.74) is 0.997. The van der Waals surface area contributed by atoms with E-state index in [-0.39, 0.29) is 18.0 Å². The number of benzene rings is 1. The van der Waals surface area contributed by atoms with Gasteiger partial charge in [-0.15, -0.1) is 0 Å². The molecule has 1 heterocycles. The van der Waals surface area contributed by atoms with Crippen LogP contribution in [0.1, 0.15) is 12.8 Å².